The Morgan fingerprint density at radius 3 is 2.46 bits per heavy atom. The number of nitrogens with zero attached hydrogens (tertiary/aromatic N) is 1. The van der Waals surface area contributed by atoms with Gasteiger partial charge in [-0.3, -0.25) is 0 Å². The molecule has 13 heavy (non-hydrogen) atoms. The number of rotatable bonds is 4. The molecule has 1 aromatic rings. The summed E-state index contributed by atoms with van der Waals surface area (Å²) in [6, 6.07) is 10.0. The van der Waals surface area contributed by atoms with Crippen LogP contribution < -0.4 is 0 Å². The number of halogens is 1. The summed E-state index contributed by atoms with van der Waals surface area (Å²) < 4.78 is 0. The van der Waals surface area contributed by atoms with Gasteiger partial charge < -0.3 is 0 Å². The lowest BCUT2D eigenvalue weighted by molar-refractivity contribution is 0.753. The Balaban J connectivity index is 2.30. The van der Waals surface area contributed by atoms with Crippen LogP contribution in [-0.4, -0.2) is 0 Å². The largest absolute Gasteiger partial charge is 0.198 e. The maximum atomic E-state index is 8.33. The average Bonchev–Trinajstić information content (AvgIpc) is 2.15. The van der Waals surface area contributed by atoms with E-state index >= 15 is 0 Å². The third-order valence-electron chi connectivity index (χ3n) is 1.92. The summed E-state index contributed by atoms with van der Waals surface area (Å²) in [5.41, 5.74) is 1.29. The fourth-order valence-corrected chi connectivity index (χ4v) is 1.31. The Morgan fingerprint density at radius 1 is 1.15 bits per heavy atom. The van der Waals surface area contributed by atoms with Gasteiger partial charge >= 0.3 is 0 Å². The number of benzene rings is 1. The molecule has 0 saturated carbocycles. The van der Waals surface area contributed by atoms with Crippen LogP contribution in [0.3, 0.4) is 0 Å². The van der Waals surface area contributed by atoms with E-state index in [2.05, 4.69) is 6.07 Å². The van der Waals surface area contributed by atoms with E-state index in [-0.39, 0.29) is 0 Å². The Bertz CT molecular complexity index is 284. The van der Waals surface area contributed by atoms with Gasteiger partial charge in [-0.2, -0.15) is 5.26 Å². The van der Waals surface area contributed by atoms with Crippen molar-refractivity contribution in [1.82, 2.24) is 0 Å². The third kappa shape index (κ3) is 3.96. The van der Waals surface area contributed by atoms with Gasteiger partial charge in [-0.15, -0.1) is 0 Å². The molecule has 0 amide bonds. The number of hydrogen-bond donors (Lipinski definition) is 0. The molecule has 0 aliphatic carbocycles. The number of unbranched alkanes of at least 4 members (excludes halogenated alkanes) is 2. The molecule has 1 nitrogen and oxygen atoms in total. The minimum atomic E-state index is 0.660. The molecule has 0 aliphatic rings. The van der Waals surface area contributed by atoms with Gasteiger partial charge in [0, 0.05) is 11.4 Å². The van der Waals surface area contributed by atoms with E-state index in [1.807, 2.05) is 24.3 Å². The van der Waals surface area contributed by atoms with Gasteiger partial charge in [-0.1, -0.05) is 23.7 Å². The molecule has 0 bridgehead atoms. The highest BCUT2D eigenvalue weighted by Gasteiger charge is 1.93. The molecule has 0 aliphatic heterocycles. The second kappa shape index (κ2) is 5.61. The highest BCUT2D eigenvalue weighted by atomic mass is 35.5. The molecule has 0 N–H and O–H groups in total. The molecule has 0 unspecified atom stereocenters. The normalized spacial score (nSPS) is 9.54. The molecule has 1 aromatic carbocycles. The Morgan fingerprint density at radius 2 is 1.85 bits per heavy atom. The molecule has 0 aromatic heterocycles. The Kier molecular flexibility index (Phi) is 4.35. The Hall–Kier alpha value is -1.00. The van der Waals surface area contributed by atoms with Crippen molar-refractivity contribution in [3.63, 3.8) is 0 Å². The molecule has 1 rings (SSSR count). The number of nitriles is 1. The first-order valence-corrected chi connectivity index (χ1v) is 4.82. The zero-order valence-corrected chi connectivity index (χ0v) is 8.22. The predicted molar refractivity (Wildman–Crippen MR) is 54.6 cm³/mol. The van der Waals surface area contributed by atoms with Crippen LogP contribution in [0.5, 0.6) is 0 Å². The van der Waals surface area contributed by atoms with Crippen LogP contribution in [0.4, 0.5) is 0 Å². The molecule has 0 heterocycles. The molecule has 0 saturated heterocycles. The van der Waals surface area contributed by atoms with Gasteiger partial charge in [0.25, 0.3) is 0 Å². The smallest absolute Gasteiger partial charge is 0.0621 e. The van der Waals surface area contributed by atoms with Crippen molar-refractivity contribution in [1.29, 1.82) is 5.26 Å². The number of hydrogen-bond acceptors (Lipinski definition) is 1. The quantitative estimate of drug-likeness (QED) is 0.671. The van der Waals surface area contributed by atoms with Crippen LogP contribution in [0.25, 0.3) is 0 Å². The van der Waals surface area contributed by atoms with Crippen LogP contribution in [0.15, 0.2) is 24.3 Å². The zero-order valence-electron chi connectivity index (χ0n) is 7.46. The monoisotopic (exact) mass is 193 g/mol. The molecule has 0 fully saturated rings. The molecule has 0 atom stereocenters. The summed E-state index contributed by atoms with van der Waals surface area (Å²) in [6.07, 6.45) is 3.76. The summed E-state index contributed by atoms with van der Waals surface area (Å²) in [6.45, 7) is 0. The molecule has 2 heteroatoms. The second-order valence-corrected chi connectivity index (χ2v) is 3.43. The lowest BCUT2D eigenvalue weighted by atomic mass is 10.1. The van der Waals surface area contributed by atoms with E-state index in [1.54, 1.807) is 0 Å². The van der Waals surface area contributed by atoms with E-state index in [1.165, 1.54) is 5.56 Å². The van der Waals surface area contributed by atoms with E-state index in [0.29, 0.717) is 6.42 Å². The van der Waals surface area contributed by atoms with Crippen molar-refractivity contribution < 1.29 is 0 Å². The van der Waals surface area contributed by atoms with E-state index in [4.69, 9.17) is 16.9 Å². The standard InChI is InChI=1S/C11H12ClN/c12-11-7-5-10(6-8-11)4-2-1-3-9-13/h5-8H,1-4H2. The van der Waals surface area contributed by atoms with Crippen LogP contribution >= 0.6 is 11.6 Å². The van der Waals surface area contributed by atoms with Gasteiger partial charge in [0.2, 0.25) is 0 Å². The lowest BCUT2D eigenvalue weighted by Gasteiger charge is -1.99. The minimum absolute atomic E-state index is 0.660. The Labute approximate surface area is 84.0 Å². The van der Waals surface area contributed by atoms with Gasteiger partial charge in [0.1, 0.15) is 0 Å². The maximum absolute atomic E-state index is 8.33. The summed E-state index contributed by atoms with van der Waals surface area (Å²) in [5, 5.41) is 9.11. The number of aryl methyl sites for hydroxylation is 1. The highest BCUT2D eigenvalue weighted by Crippen LogP contribution is 2.11. The van der Waals surface area contributed by atoms with Crippen molar-refractivity contribution >= 4 is 11.6 Å². The first-order chi connectivity index (χ1) is 6.33. The third-order valence-corrected chi connectivity index (χ3v) is 2.17. The molecule has 68 valence electrons. The van der Waals surface area contributed by atoms with Crippen LogP contribution in [0.2, 0.25) is 5.02 Å². The van der Waals surface area contributed by atoms with Crippen molar-refractivity contribution in [3.05, 3.63) is 34.9 Å². The second-order valence-electron chi connectivity index (χ2n) is 2.99. The molecular formula is C11H12ClN. The van der Waals surface area contributed by atoms with E-state index < -0.39 is 0 Å². The van der Waals surface area contributed by atoms with Crippen molar-refractivity contribution in [3.8, 4) is 6.07 Å². The summed E-state index contributed by atoms with van der Waals surface area (Å²) in [4.78, 5) is 0. The van der Waals surface area contributed by atoms with Crippen molar-refractivity contribution in [2.75, 3.05) is 0 Å². The van der Waals surface area contributed by atoms with Crippen molar-refractivity contribution in [2.45, 2.75) is 25.7 Å². The van der Waals surface area contributed by atoms with Crippen molar-refractivity contribution in [2.24, 2.45) is 0 Å². The van der Waals surface area contributed by atoms with E-state index in [0.717, 1.165) is 24.3 Å². The zero-order chi connectivity index (χ0) is 9.52. The van der Waals surface area contributed by atoms with Gasteiger partial charge in [0.15, 0.2) is 0 Å². The van der Waals surface area contributed by atoms with Gasteiger partial charge in [0.05, 0.1) is 6.07 Å². The predicted octanol–water partition coefficient (Wildman–Crippen LogP) is 3.58. The van der Waals surface area contributed by atoms with Gasteiger partial charge in [-0.25, -0.2) is 0 Å². The van der Waals surface area contributed by atoms with E-state index in [9.17, 15) is 0 Å². The fraction of sp³-hybridized carbons (Fsp3) is 0.364. The first-order valence-electron chi connectivity index (χ1n) is 4.44. The van der Waals surface area contributed by atoms with Crippen LogP contribution in [-0.2, 0) is 6.42 Å². The minimum Gasteiger partial charge on any atom is -0.198 e. The highest BCUT2D eigenvalue weighted by molar-refractivity contribution is 6.30. The summed E-state index contributed by atoms with van der Waals surface area (Å²) in [7, 11) is 0. The topological polar surface area (TPSA) is 23.8 Å². The fourth-order valence-electron chi connectivity index (χ4n) is 1.18. The van der Waals surface area contributed by atoms with Crippen LogP contribution in [0, 0.1) is 11.3 Å². The van der Waals surface area contributed by atoms with Crippen LogP contribution in [0.1, 0.15) is 24.8 Å². The molecule has 0 spiro atoms. The first kappa shape index (κ1) is 10.1. The maximum Gasteiger partial charge on any atom is 0.0621 e. The average molecular weight is 194 g/mol. The van der Waals surface area contributed by atoms with Gasteiger partial charge in [-0.05, 0) is 37.0 Å². The molecule has 0 radical (unpaired) electrons. The summed E-state index contributed by atoms with van der Waals surface area (Å²) >= 11 is 5.75. The lowest BCUT2D eigenvalue weighted by Crippen LogP contribution is -1.84. The summed E-state index contributed by atoms with van der Waals surface area (Å²) in [5.74, 6) is 0. The SMILES string of the molecule is N#CCCCCc1ccc(Cl)cc1. The molecular weight excluding hydrogens is 182 g/mol.